The van der Waals surface area contributed by atoms with Crippen LogP contribution in [0.15, 0.2) is 63.8 Å². The summed E-state index contributed by atoms with van der Waals surface area (Å²) in [6.07, 6.45) is 0. The van der Waals surface area contributed by atoms with Gasteiger partial charge in [-0.25, -0.2) is 4.39 Å². The van der Waals surface area contributed by atoms with Gasteiger partial charge in [0.25, 0.3) is 5.91 Å². The molecule has 0 spiro atoms. The minimum Gasteiger partial charge on any atom is -0.493 e. The third kappa shape index (κ3) is 3.64. The van der Waals surface area contributed by atoms with Crippen LogP contribution in [0.5, 0.6) is 11.5 Å². The molecule has 1 aromatic heterocycles. The number of ether oxygens (including phenoxy) is 2. The van der Waals surface area contributed by atoms with Crippen molar-refractivity contribution in [1.29, 1.82) is 0 Å². The summed E-state index contributed by atoms with van der Waals surface area (Å²) in [6, 6.07) is 13.6. The first-order valence-electron chi connectivity index (χ1n) is 11.3. The summed E-state index contributed by atoms with van der Waals surface area (Å²) in [6.45, 7) is 6.17. The van der Waals surface area contributed by atoms with Crippen molar-refractivity contribution in [2.75, 3.05) is 18.6 Å². The van der Waals surface area contributed by atoms with Gasteiger partial charge in [-0.05, 0) is 86.0 Å². The van der Waals surface area contributed by atoms with E-state index in [1.165, 1.54) is 36.3 Å². The second kappa shape index (κ2) is 8.58. The van der Waals surface area contributed by atoms with Crippen LogP contribution in [-0.2, 0) is 0 Å². The minimum absolute atomic E-state index is 0.0204. The number of carbonyl (C=O) groups is 1. The van der Waals surface area contributed by atoms with Gasteiger partial charge in [0, 0.05) is 5.69 Å². The Morgan fingerprint density at radius 3 is 2.37 bits per heavy atom. The zero-order chi connectivity index (χ0) is 24.9. The van der Waals surface area contributed by atoms with E-state index in [-0.39, 0.29) is 16.8 Å². The first-order valence-corrected chi connectivity index (χ1v) is 11.3. The van der Waals surface area contributed by atoms with E-state index in [2.05, 4.69) is 0 Å². The van der Waals surface area contributed by atoms with E-state index in [1.807, 2.05) is 20.8 Å². The van der Waals surface area contributed by atoms with Crippen molar-refractivity contribution in [3.8, 4) is 11.5 Å². The van der Waals surface area contributed by atoms with E-state index in [0.717, 1.165) is 11.1 Å². The lowest BCUT2D eigenvalue weighted by molar-refractivity contribution is 0.0971. The SMILES string of the molecule is CCOc1ccc(C2c3c(oc4cc(C)c(C)cc4c3=O)C(=O)N2c2ccc(F)cc2)cc1OC. The van der Waals surface area contributed by atoms with Crippen LogP contribution in [0.3, 0.4) is 0 Å². The molecule has 0 saturated carbocycles. The molecule has 178 valence electrons. The van der Waals surface area contributed by atoms with Crippen LogP contribution >= 0.6 is 0 Å². The topological polar surface area (TPSA) is 69.0 Å². The highest BCUT2D eigenvalue weighted by Gasteiger charge is 2.44. The smallest absolute Gasteiger partial charge is 0.295 e. The largest absolute Gasteiger partial charge is 0.493 e. The van der Waals surface area contributed by atoms with Crippen LogP contribution in [0.25, 0.3) is 11.0 Å². The van der Waals surface area contributed by atoms with E-state index in [4.69, 9.17) is 13.9 Å². The molecule has 3 aromatic carbocycles. The highest BCUT2D eigenvalue weighted by molar-refractivity contribution is 6.10. The zero-order valence-corrected chi connectivity index (χ0v) is 19.8. The molecular weight excluding hydrogens is 449 g/mol. The predicted molar refractivity (Wildman–Crippen MR) is 131 cm³/mol. The van der Waals surface area contributed by atoms with Crippen LogP contribution in [0.1, 0.15) is 45.8 Å². The number of halogens is 1. The van der Waals surface area contributed by atoms with Crippen LogP contribution in [-0.4, -0.2) is 19.6 Å². The Labute approximate surface area is 201 Å². The van der Waals surface area contributed by atoms with Crippen molar-refractivity contribution in [3.05, 3.63) is 98.7 Å². The second-order valence-corrected chi connectivity index (χ2v) is 8.50. The van der Waals surface area contributed by atoms with Gasteiger partial charge in [-0.15, -0.1) is 0 Å². The molecule has 0 N–H and O–H groups in total. The fourth-order valence-corrected chi connectivity index (χ4v) is 4.54. The Bertz CT molecular complexity index is 1520. The number of aryl methyl sites for hydroxylation is 2. The Kier molecular flexibility index (Phi) is 5.55. The van der Waals surface area contributed by atoms with Gasteiger partial charge < -0.3 is 13.9 Å². The van der Waals surface area contributed by atoms with Crippen molar-refractivity contribution in [2.45, 2.75) is 26.8 Å². The molecule has 4 aromatic rings. The summed E-state index contributed by atoms with van der Waals surface area (Å²) in [7, 11) is 1.53. The third-order valence-corrected chi connectivity index (χ3v) is 6.39. The first kappa shape index (κ1) is 22.7. The standard InChI is InChI=1S/C28H24FNO5/c1-5-34-21-11-6-17(14-23(21)33-4)25-24-26(31)20-12-15(2)16(3)13-22(20)35-27(24)28(32)30(25)19-9-7-18(29)8-10-19/h6-14,25H,5H2,1-4H3. The Morgan fingerprint density at radius 1 is 0.971 bits per heavy atom. The molecule has 2 heterocycles. The molecule has 1 atom stereocenters. The summed E-state index contributed by atoms with van der Waals surface area (Å²) < 4.78 is 30.9. The molecule has 1 aliphatic rings. The van der Waals surface area contributed by atoms with Crippen molar-refractivity contribution < 1.29 is 23.1 Å². The molecule has 0 aliphatic carbocycles. The molecule has 0 saturated heterocycles. The maximum atomic E-state index is 13.8. The van der Waals surface area contributed by atoms with Crippen molar-refractivity contribution in [3.63, 3.8) is 0 Å². The van der Waals surface area contributed by atoms with Gasteiger partial charge in [0.15, 0.2) is 16.9 Å². The second-order valence-electron chi connectivity index (χ2n) is 8.50. The van der Waals surface area contributed by atoms with Gasteiger partial charge in [0.1, 0.15) is 11.4 Å². The van der Waals surface area contributed by atoms with Gasteiger partial charge >= 0.3 is 0 Å². The van der Waals surface area contributed by atoms with E-state index in [9.17, 15) is 14.0 Å². The van der Waals surface area contributed by atoms with Gasteiger partial charge in [-0.1, -0.05) is 6.07 Å². The highest BCUT2D eigenvalue weighted by atomic mass is 19.1. The third-order valence-electron chi connectivity index (χ3n) is 6.39. The van der Waals surface area contributed by atoms with E-state index < -0.39 is 17.8 Å². The van der Waals surface area contributed by atoms with Crippen molar-refractivity contribution in [2.24, 2.45) is 0 Å². The number of hydrogen-bond acceptors (Lipinski definition) is 5. The quantitative estimate of drug-likeness (QED) is 0.372. The lowest BCUT2D eigenvalue weighted by Gasteiger charge is -2.26. The molecule has 0 bridgehead atoms. The molecule has 6 nitrogen and oxygen atoms in total. The lowest BCUT2D eigenvalue weighted by atomic mass is 9.97. The predicted octanol–water partition coefficient (Wildman–Crippen LogP) is 5.71. The number of benzene rings is 3. The Hall–Kier alpha value is -4.13. The molecule has 35 heavy (non-hydrogen) atoms. The summed E-state index contributed by atoms with van der Waals surface area (Å²) in [4.78, 5) is 29.0. The number of methoxy groups -OCH3 is 1. The monoisotopic (exact) mass is 473 g/mol. The molecule has 1 aliphatic heterocycles. The van der Waals surface area contributed by atoms with Crippen LogP contribution < -0.4 is 19.8 Å². The Balaban J connectivity index is 1.79. The molecule has 1 unspecified atom stereocenters. The van der Waals surface area contributed by atoms with Gasteiger partial charge in [-0.3, -0.25) is 14.5 Å². The van der Waals surface area contributed by atoms with E-state index in [0.29, 0.717) is 40.3 Å². The maximum absolute atomic E-state index is 13.8. The van der Waals surface area contributed by atoms with E-state index >= 15 is 0 Å². The summed E-state index contributed by atoms with van der Waals surface area (Å²) in [5.41, 5.74) is 3.29. The average Bonchev–Trinajstić information content (AvgIpc) is 3.14. The van der Waals surface area contributed by atoms with Gasteiger partial charge in [-0.2, -0.15) is 0 Å². The normalized spacial score (nSPS) is 14.9. The van der Waals surface area contributed by atoms with Gasteiger partial charge in [0.05, 0.1) is 30.7 Å². The average molecular weight is 474 g/mol. The van der Waals surface area contributed by atoms with Crippen molar-refractivity contribution >= 4 is 22.6 Å². The van der Waals surface area contributed by atoms with Gasteiger partial charge in [0.2, 0.25) is 5.76 Å². The number of rotatable bonds is 5. The van der Waals surface area contributed by atoms with Crippen LogP contribution in [0, 0.1) is 19.7 Å². The lowest BCUT2D eigenvalue weighted by Crippen LogP contribution is -2.29. The van der Waals surface area contributed by atoms with E-state index in [1.54, 1.807) is 30.3 Å². The number of hydrogen-bond donors (Lipinski definition) is 0. The molecule has 7 heteroatoms. The minimum atomic E-state index is -0.796. The summed E-state index contributed by atoms with van der Waals surface area (Å²) >= 11 is 0. The molecule has 1 amide bonds. The number of fused-ring (bicyclic) bond motifs is 2. The molecule has 0 radical (unpaired) electrons. The summed E-state index contributed by atoms with van der Waals surface area (Å²) in [5.74, 6) is 0.104. The highest BCUT2D eigenvalue weighted by Crippen LogP contribution is 2.43. The fourth-order valence-electron chi connectivity index (χ4n) is 4.54. The maximum Gasteiger partial charge on any atom is 0.295 e. The molecule has 5 rings (SSSR count). The molecule has 0 fully saturated rings. The number of nitrogens with zero attached hydrogens (tertiary/aromatic N) is 1. The van der Waals surface area contributed by atoms with Crippen LogP contribution in [0.2, 0.25) is 0 Å². The number of carbonyl (C=O) groups excluding carboxylic acids is 1. The first-order chi connectivity index (χ1) is 16.8. The number of anilines is 1. The summed E-state index contributed by atoms with van der Waals surface area (Å²) in [5, 5.41) is 0.406. The number of amides is 1. The zero-order valence-electron chi connectivity index (χ0n) is 19.8. The fraction of sp³-hybridized carbons (Fsp3) is 0.214. The molecular formula is C28H24FNO5. The Morgan fingerprint density at radius 2 is 1.69 bits per heavy atom. The van der Waals surface area contributed by atoms with Crippen LogP contribution in [0.4, 0.5) is 10.1 Å². The van der Waals surface area contributed by atoms with Crippen molar-refractivity contribution in [1.82, 2.24) is 0 Å².